The summed E-state index contributed by atoms with van der Waals surface area (Å²) in [5, 5.41) is 13.4. The fraction of sp³-hybridized carbons (Fsp3) is 0.818. The van der Waals surface area contributed by atoms with Gasteiger partial charge in [0.15, 0.2) is 0 Å². The van der Waals surface area contributed by atoms with Crippen LogP contribution in [-0.4, -0.2) is 23.7 Å². The van der Waals surface area contributed by atoms with Gasteiger partial charge in [-0.25, -0.2) is 4.79 Å². The second-order valence-electron chi connectivity index (χ2n) is 5.11. The van der Waals surface area contributed by atoms with Crippen LogP contribution in [0.4, 0.5) is 4.79 Å². The highest BCUT2D eigenvalue weighted by atomic mass is 16.6. The van der Waals surface area contributed by atoms with Gasteiger partial charge in [-0.1, -0.05) is 6.42 Å². The van der Waals surface area contributed by atoms with E-state index in [0.717, 1.165) is 6.42 Å². The molecular weight excluding hydrogens is 210 g/mol. The van der Waals surface area contributed by atoms with Gasteiger partial charge in [-0.3, -0.25) is 0 Å². The van der Waals surface area contributed by atoms with Gasteiger partial charge in [-0.15, -0.1) is 0 Å². The van der Waals surface area contributed by atoms with Crippen LogP contribution in [0.5, 0.6) is 0 Å². The maximum Gasteiger partial charge on any atom is 0.407 e. The van der Waals surface area contributed by atoms with Crippen LogP contribution in [0.2, 0.25) is 0 Å². The summed E-state index contributed by atoms with van der Waals surface area (Å²) in [6.07, 6.45) is 1.45. The van der Waals surface area contributed by atoms with Crippen molar-refractivity contribution in [2.75, 3.05) is 0 Å². The lowest BCUT2D eigenvalue weighted by Crippen LogP contribution is -2.46. The number of aliphatic carboxylic acids is 1. The summed E-state index contributed by atoms with van der Waals surface area (Å²) in [5.74, 6) is -1.69. The summed E-state index contributed by atoms with van der Waals surface area (Å²) >= 11 is 0. The SMILES string of the molecule is CC(C)(C)OC(=O)N[C@H]1CCC[C@@H]1C(=O)[O-]. The molecule has 5 heteroatoms. The Morgan fingerprint density at radius 1 is 1.31 bits per heavy atom. The zero-order valence-electron chi connectivity index (χ0n) is 9.91. The summed E-state index contributed by atoms with van der Waals surface area (Å²) in [5.41, 5.74) is -0.570. The Balaban J connectivity index is 2.47. The number of hydrogen-bond acceptors (Lipinski definition) is 4. The molecule has 1 saturated carbocycles. The summed E-state index contributed by atoms with van der Waals surface area (Å²) in [6.45, 7) is 5.28. The molecule has 0 unspecified atom stereocenters. The van der Waals surface area contributed by atoms with E-state index in [1.165, 1.54) is 0 Å². The van der Waals surface area contributed by atoms with E-state index in [0.29, 0.717) is 12.8 Å². The molecule has 0 aromatic rings. The van der Waals surface area contributed by atoms with Gasteiger partial charge in [0.1, 0.15) is 5.60 Å². The largest absolute Gasteiger partial charge is 0.550 e. The van der Waals surface area contributed by atoms with E-state index in [-0.39, 0.29) is 6.04 Å². The second kappa shape index (κ2) is 4.72. The van der Waals surface area contributed by atoms with Crippen LogP contribution in [0.25, 0.3) is 0 Å². The lowest BCUT2D eigenvalue weighted by atomic mass is 10.0. The molecule has 0 heterocycles. The first-order valence-electron chi connectivity index (χ1n) is 5.50. The molecule has 1 aliphatic carbocycles. The highest BCUT2D eigenvalue weighted by molar-refractivity contribution is 5.72. The zero-order valence-corrected chi connectivity index (χ0v) is 9.91. The molecule has 1 fully saturated rings. The van der Waals surface area contributed by atoms with E-state index >= 15 is 0 Å². The van der Waals surface area contributed by atoms with Crippen LogP contribution in [-0.2, 0) is 9.53 Å². The molecule has 1 rings (SSSR count). The number of hydrogen-bond donors (Lipinski definition) is 1. The quantitative estimate of drug-likeness (QED) is 0.743. The van der Waals surface area contributed by atoms with Gasteiger partial charge in [-0.2, -0.15) is 0 Å². The van der Waals surface area contributed by atoms with E-state index < -0.39 is 23.6 Å². The third-order valence-electron chi connectivity index (χ3n) is 2.52. The average molecular weight is 228 g/mol. The third kappa shape index (κ3) is 3.72. The first-order valence-corrected chi connectivity index (χ1v) is 5.50. The molecule has 1 amide bonds. The molecule has 1 aliphatic rings. The second-order valence-corrected chi connectivity index (χ2v) is 5.11. The number of carbonyl (C=O) groups is 2. The van der Waals surface area contributed by atoms with Crippen LogP contribution in [0.3, 0.4) is 0 Å². The minimum Gasteiger partial charge on any atom is -0.550 e. The third-order valence-corrected chi connectivity index (χ3v) is 2.52. The van der Waals surface area contributed by atoms with E-state index in [1.807, 2.05) is 0 Å². The van der Waals surface area contributed by atoms with Gasteiger partial charge in [0.2, 0.25) is 0 Å². The maximum absolute atomic E-state index is 11.4. The lowest BCUT2D eigenvalue weighted by molar-refractivity contribution is -0.311. The number of nitrogens with one attached hydrogen (secondary N) is 1. The molecule has 1 N–H and O–H groups in total. The summed E-state index contributed by atoms with van der Waals surface area (Å²) in [4.78, 5) is 22.2. The first-order chi connectivity index (χ1) is 7.29. The molecule has 0 bridgehead atoms. The molecule has 0 spiro atoms. The van der Waals surface area contributed by atoms with Gasteiger partial charge in [-0.05, 0) is 33.6 Å². The van der Waals surface area contributed by atoms with Crippen molar-refractivity contribution in [2.24, 2.45) is 5.92 Å². The van der Waals surface area contributed by atoms with Crippen molar-refractivity contribution in [3.63, 3.8) is 0 Å². The standard InChI is InChI=1S/C11H19NO4/c1-11(2,3)16-10(15)12-8-6-4-5-7(8)9(13)14/h7-8H,4-6H2,1-3H3,(H,12,15)(H,13,14)/p-1/t7-,8-/m0/s1. The molecule has 0 saturated heterocycles. The first kappa shape index (κ1) is 12.8. The fourth-order valence-corrected chi connectivity index (χ4v) is 1.87. The molecule has 0 radical (unpaired) electrons. The normalized spacial score (nSPS) is 25.2. The van der Waals surface area contributed by atoms with Crippen LogP contribution < -0.4 is 10.4 Å². The zero-order chi connectivity index (χ0) is 12.3. The van der Waals surface area contributed by atoms with Gasteiger partial charge in [0.25, 0.3) is 0 Å². The molecule has 5 nitrogen and oxygen atoms in total. The molecular formula is C11H18NO4-. The summed E-state index contributed by atoms with van der Waals surface area (Å²) in [7, 11) is 0. The highest BCUT2D eigenvalue weighted by Crippen LogP contribution is 2.25. The molecule has 2 atom stereocenters. The van der Waals surface area contributed by atoms with Crippen LogP contribution >= 0.6 is 0 Å². The number of ether oxygens (including phenoxy) is 1. The Kier molecular flexibility index (Phi) is 3.78. The smallest absolute Gasteiger partial charge is 0.407 e. The minimum absolute atomic E-state index is 0.361. The number of amides is 1. The summed E-state index contributed by atoms with van der Waals surface area (Å²) < 4.78 is 5.06. The van der Waals surface area contributed by atoms with Gasteiger partial charge in [0.05, 0.1) is 0 Å². The van der Waals surface area contributed by atoms with Crippen molar-refractivity contribution in [2.45, 2.75) is 51.7 Å². The number of carboxylic acids is 1. The predicted molar refractivity (Wildman–Crippen MR) is 55.5 cm³/mol. The van der Waals surface area contributed by atoms with Crippen molar-refractivity contribution >= 4 is 12.1 Å². The molecule has 0 aliphatic heterocycles. The fourth-order valence-electron chi connectivity index (χ4n) is 1.87. The predicted octanol–water partition coefficient (Wildman–Crippen LogP) is 0.430. The van der Waals surface area contributed by atoms with Crippen LogP contribution in [0, 0.1) is 5.92 Å². The van der Waals surface area contributed by atoms with Gasteiger partial charge >= 0.3 is 6.09 Å². The maximum atomic E-state index is 11.4. The van der Waals surface area contributed by atoms with Gasteiger partial charge in [0, 0.05) is 17.9 Å². The van der Waals surface area contributed by atoms with E-state index in [2.05, 4.69) is 5.32 Å². The van der Waals surface area contributed by atoms with Crippen molar-refractivity contribution in [3.8, 4) is 0 Å². The van der Waals surface area contributed by atoms with Gasteiger partial charge < -0.3 is 20.0 Å². The Hall–Kier alpha value is -1.26. The van der Waals surface area contributed by atoms with E-state index in [1.54, 1.807) is 20.8 Å². The van der Waals surface area contributed by atoms with Crippen molar-refractivity contribution in [3.05, 3.63) is 0 Å². The average Bonchev–Trinajstić information content (AvgIpc) is 2.47. The number of carboxylic acid groups (broad SMARTS) is 1. The van der Waals surface area contributed by atoms with E-state index in [9.17, 15) is 14.7 Å². The molecule has 92 valence electrons. The van der Waals surface area contributed by atoms with E-state index in [4.69, 9.17) is 4.74 Å². The molecule has 0 aromatic heterocycles. The highest BCUT2D eigenvalue weighted by Gasteiger charge is 2.30. The number of carbonyl (C=O) groups excluding carboxylic acids is 2. The summed E-state index contributed by atoms with van der Waals surface area (Å²) in [6, 6.07) is -0.361. The van der Waals surface area contributed by atoms with Crippen molar-refractivity contribution in [1.29, 1.82) is 0 Å². The monoisotopic (exact) mass is 228 g/mol. The Labute approximate surface area is 95.2 Å². The lowest BCUT2D eigenvalue weighted by Gasteiger charge is -2.25. The Bertz CT molecular complexity index is 282. The molecule has 0 aromatic carbocycles. The molecule has 16 heavy (non-hydrogen) atoms. The minimum atomic E-state index is -1.10. The van der Waals surface area contributed by atoms with Crippen LogP contribution in [0.1, 0.15) is 40.0 Å². The van der Waals surface area contributed by atoms with Crippen molar-refractivity contribution < 1.29 is 19.4 Å². The Morgan fingerprint density at radius 2 is 1.94 bits per heavy atom. The van der Waals surface area contributed by atoms with Crippen LogP contribution in [0.15, 0.2) is 0 Å². The topological polar surface area (TPSA) is 78.5 Å². The number of rotatable bonds is 2. The Morgan fingerprint density at radius 3 is 2.44 bits per heavy atom. The number of alkyl carbamates (subject to hydrolysis) is 1. The van der Waals surface area contributed by atoms with Crippen molar-refractivity contribution in [1.82, 2.24) is 5.32 Å².